The molecular formula is C23H33N3O3. The Bertz CT molecular complexity index is 747. The Kier molecular flexibility index (Phi) is 6.09. The Labute approximate surface area is 173 Å². The van der Waals surface area contributed by atoms with Crippen LogP contribution in [0.25, 0.3) is 0 Å². The van der Waals surface area contributed by atoms with Crippen LogP contribution in [0, 0.1) is 0 Å². The van der Waals surface area contributed by atoms with Crippen molar-refractivity contribution < 1.29 is 14.3 Å². The SMILES string of the molecule is CN1CCCC2(CCCN2Cc2ccccc2OCC(=O)N2CCCCC2)C1=O. The highest BCUT2D eigenvalue weighted by Crippen LogP contribution is 2.39. The monoisotopic (exact) mass is 399 g/mol. The molecule has 2 amide bonds. The standard InChI is InChI=1S/C23H33N3O3/c1-24-13-7-11-23(22(24)28)12-8-16-26(23)17-19-9-3-4-10-20(19)29-18-21(27)25-14-5-2-6-15-25/h3-4,9-10H,2,5-8,11-18H2,1H3. The molecule has 0 aliphatic carbocycles. The van der Waals surface area contributed by atoms with Gasteiger partial charge in [0.1, 0.15) is 11.3 Å². The van der Waals surface area contributed by atoms with Crippen LogP contribution >= 0.6 is 0 Å². The maximum absolute atomic E-state index is 13.0. The molecule has 3 saturated heterocycles. The van der Waals surface area contributed by atoms with Gasteiger partial charge in [-0.25, -0.2) is 0 Å². The molecule has 0 radical (unpaired) electrons. The predicted molar refractivity (Wildman–Crippen MR) is 112 cm³/mol. The van der Waals surface area contributed by atoms with E-state index in [1.165, 1.54) is 6.42 Å². The lowest BCUT2D eigenvalue weighted by Crippen LogP contribution is -2.58. The van der Waals surface area contributed by atoms with Crippen molar-refractivity contribution in [3.05, 3.63) is 29.8 Å². The molecule has 4 rings (SSSR count). The first-order valence-electron chi connectivity index (χ1n) is 11.1. The average Bonchev–Trinajstić information content (AvgIpc) is 3.14. The van der Waals surface area contributed by atoms with E-state index < -0.39 is 0 Å². The zero-order valence-electron chi connectivity index (χ0n) is 17.6. The third-order valence-corrected chi connectivity index (χ3v) is 6.85. The fourth-order valence-corrected chi connectivity index (χ4v) is 5.22. The van der Waals surface area contributed by atoms with Crippen LogP contribution in [0.2, 0.25) is 0 Å². The Morgan fingerprint density at radius 1 is 1.00 bits per heavy atom. The van der Waals surface area contributed by atoms with E-state index in [2.05, 4.69) is 11.0 Å². The van der Waals surface area contributed by atoms with Gasteiger partial charge in [-0.05, 0) is 57.6 Å². The molecule has 3 fully saturated rings. The molecule has 1 atom stereocenters. The molecule has 0 bridgehead atoms. The van der Waals surface area contributed by atoms with Gasteiger partial charge in [-0.15, -0.1) is 0 Å². The van der Waals surface area contributed by atoms with E-state index in [4.69, 9.17) is 4.74 Å². The molecule has 1 unspecified atom stereocenters. The van der Waals surface area contributed by atoms with Crippen molar-refractivity contribution in [3.8, 4) is 5.75 Å². The summed E-state index contributed by atoms with van der Waals surface area (Å²) in [5.74, 6) is 1.10. The van der Waals surface area contributed by atoms with Crippen molar-refractivity contribution in [2.75, 3.05) is 39.8 Å². The number of carbonyl (C=O) groups excluding carboxylic acids is 2. The molecule has 3 aliphatic rings. The first-order chi connectivity index (χ1) is 14.1. The fourth-order valence-electron chi connectivity index (χ4n) is 5.22. The highest BCUT2D eigenvalue weighted by molar-refractivity contribution is 5.87. The number of likely N-dealkylation sites (tertiary alicyclic amines) is 3. The van der Waals surface area contributed by atoms with Crippen LogP contribution in [0.1, 0.15) is 50.5 Å². The summed E-state index contributed by atoms with van der Waals surface area (Å²) in [6.45, 7) is 4.25. The van der Waals surface area contributed by atoms with E-state index in [9.17, 15) is 9.59 Å². The third-order valence-electron chi connectivity index (χ3n) is 6.85. The maximum Gasteiger partial charge on any atom is 0.260 e. The number of ether oxygens (including phenoxy) is 1. The molecule has 3 aliphatic heterocycles. The van der Waals surface area contributed by atoms with Crippen LogP contribution in [-0.4, -0.2) is 71.9 Å². The zero-order chi connectivity index (χ0) is 20.3. The zero-order valence-corrected chi connectivity index (χ0v) is 17.6. The molecule has 0 N–H and O–H groups in total. The predicted octanol–water partition coefficient (Wildman–Crippen LogP) is 2.66. The lowest BCUT2D eigenvalue weighted by molar-refractivity contribution is -0.146. The number of likely N-dealkylation sites (N-methyl/N-ethyl adjacent to an activating group) is 1. The van der Waals surface area contributed by atoms with Crippen molar-refractivity contribution >= 4 is 11.8 Å². The Morgan fingerprint density at radius 2 is 1.72 bits per heavy atom. The second-order valence-corrected chi connectivity index (χ2v) is 8.72. The summed E-state index contributed by atoms with van der Waals surface area (Å²) >= 11 is 0. The number of nitrogens with zero attached hydrogens (tertiary/aromatic N) is 3. The Hall–Kier alpha value is -2.08. The number of rotatable bonds is 5. The van der Waals surface area contributed by atoms with Gasteiger partial charge < -0.3 is 14.5 Å². The minimum atomic E-state index is -0.357. The molecular weight excluding hydrogens is 366 g/mol. The van der Waals surface area contributed by atoms with Crippen molar-refractivity contribution in [1.82, 2.24) is 14.7 Å². The summed E-state index contributed by atoms with van der Waals surface area (Å²) in [4.78, 5) is 31.7. The highest BCUT2D eigenvalue weighted by atomic mass is 16.5. The highest BCUT2D eigenvalue weighted by Gasteiger charge is 2.49. The van der Waals surface area contributed by atoms with Crippen molar-refractivity contribution in [1.29, 1.82) is 0 Å². The molecule has 6 heteroatoms. The van der Waals surface area contributed by atoms with E-state index in [0.29, 0.717) is 6.54 Å². The van der Waals surface area contributed by atoms with Gasteiger partial charge in [0.2, 0.25) is 5.91 Å². The van der Waals surface area contributed by atoms with Crippen molar-refractivity contribution in [3.63, 3.8) is 0 Å². The van der Waals surface area contributed by atoms with Gasteiger partial charge in [0.25, 0.3) is 5.91 Å². The normalized spacial score (nSPS) is 25.6. The van der Waals surface area contributed by atoms with Crippen LogP contribution in [0.3, 0.4) is 0 Å². The van der Waals surface area contributed by atoms with E-state index in [-0.39, 0.29) is 24.0 Å². The van der Waals surface area contributed by atoms with Gasteiger partial charge >= 0.3 is 0 Å². The molecule has 6 nitrogen and oxygen atoms in total. The van der Waals surface area contributed by atoms with E-state index in [0.717, 1.165) is 76.0 Å². The van der Waals surface area contributed by atoms with Crippen LogP contribution in [-0.2, 0) is 16.1 Å². The molecule has 29 heavy (non-hydrogen) atoms. The molecule has 1 aromatic carbocycles. The van der Waals surface area contributed by atoms with Gasteiger partial charge in [-0.2, -0.15) is 0 Å². The van der Waals surface area contributed by atoms with Gasteiger partial charge in [0.05, 0.1) is 0 Å². The summed E-state index contributed by atoms with van der Waals surface area (Å²) in [7, 11) is 1.92. The summed E-state index contributed by atoms with van der Waals surface area (Å²) in [6, 6.07) is 7.95. The third kappa shape index (κ3) is 4.13. The smallest absolute Gasteiger partial charge is 0.260 e. The number of piperidine rings is 2. The first kappa shape index (κ1) is 20.2. The minimum Gasteiger partial charge on any atom is -0.483 e. The number of hydrogen-bond donors (Lipinski definition) is 0. The van der Waals surface area contributed by atoms with E-state index >= 15 is 0 Å². The van der Waals surface area contributed by atoms with Gasteiger partial charge in [0, 0.05) is 38.8 Å². The molecule has 0 saturated carbocycles. The summed E-state index contributed by atoms with van der Waals surface area (Å²) in [5, 5.41) is 0. The van der Waals surface area contributed by atoms with Crippen molar-refractivity contribution in [2.45, 2.75) is 57.0 Å². The lowest BCUT2D eigenvalue weighted by Gasteiger charge is -2.43. The average molecular weight is 400 g/mol. The molecule has 0 aromatic heterocycles. The van der Waals surface area contributed by atoms with Gasteiger partial charge in [0.15, 0.2) is 6.61 Å². The van der Waals surface area contributed by atoms with Crippen LogP contribution in [0.5, 0.6) is 5.75 Å². The largest absolute Gasteiger partial charge is 0.483 e. The van der Waals surface area contributed by atoms with Crippen LogP contribution in [0.4, 0.5) is 0 Å². The second-order valence-electron chi connectivity index (χ2n) is 8.72. The molecule has 1 aromatic rings. The number of amides is 2. The minimum absolute atomic E-state index is 0.0706. The second kappa shape index (κ2) is 8.74. The number of para-hydroxylation sites is 1. The van der Waals surface area contributed by atoms with Gasteiger partial charge in [-0.1, -0.05) is 18.2 Å². The summed E-state index contributed by atoms with van der Waals surface area (Å²) < 4.78 is 5.97. The van der Waals surface area contributed by atoms with Crippen LogP contribution < -0.4 is 4.74 Å². The summed E-state index contributed by atoms with van der Waals surface area (Å²) in [6.07, 6.45) is 7.36. The molecule has 158 valence electrons. The number of hydrogen-bond acceptors (Lipinski definition) is 4. The maximum atomic E-state index is 13.0. The topological polar surface area (TPSA) is 53.1 Å². The van der Waals surface area contributed by atoms with Crippen molar-refractivity contribution in [2.24, 2.45) is 0 Å². The number of carbonyl (C=O) groups is 2. The molecule has 1 spiro atoms. The Balaban J connectivity index is 1.44. The Morgan fingerprint density at radius 3 is 2.52 bits per heavy atom. The van der Waals surface area contributed by atoms with Crippen LogP contribution in [0.15, 0.2) is 24.3 Å². The first-order valence-corrected chi connectivity index (χ1v) is 11.1. The lowest BCUT2D eigenvalue weighted by atomic mass is 9.85. The van der Waals surface area contributed by atoms with E-state index in [1.54, 1.807) is 0 Å². The van der Waals surface area contributed by atoms with Gasteiger partial charge in [-0.3, -0.25) is 14.5 Å². The van der Waals surface area contributed by atoms with E-state index in [1.807, 2.05) is 35.0 Å². The molecule has 3 heterocycles. The number of benzene rings is 1. The summed E-state index contributed by atoms with van der Waals surface area (Å²) in [5.41, 5.74) is 0.699. The quantitative estimate of drug-likeness (QED) is 0.764. The fraction of sp³-hybridized carbons (Fsp3) is 0.652.